The average Bonchev–Trinajstić information content (AvgIpc) is 2.21. The van der Waals surface area contributed by atoms with Crippen molar-refractivity contribution in [1.29, 1.82) is 0 Å². The highest BCUT2D eigenvalue weighted by atomic mass is 79.9. The van der Waals surface area contributed by atoms with Gasteiger partial charge in [0.15, 0.2) is 0 Å². The molecule has 3 nitrogen and oxygen atoms in total. The third-order valence-electron chi connectivity index (χ3n) is 2.30. The summed E-state index contributed by atoms with van der Waals surface area (Å²) in [5, 5.41) is 8.93. The molecule has 0 fully saturated rings. The lowest BCUT2D eigenvalue weighted by atomic mass is 10.2. The summed E-state index contributed by atoms with van der Waals surface area (Å²) in [5.41, 5.74) is 0.871. The quantitative estimate of drug-likeness (QED) is 0.930. The number of hydrogen-bond acceptors (Lipinski definition) is 2. The van der Waals surface area contributed by atoms with E-state index in [9.17, 15) is 9.00 Å². The average molecular weight is 305 g/mol. The monoisotopic (exact) mass is 304 g/mol. The van der Waals surface area contributed by atoms with Crippen LogP contribution in [0.25, 0.3) is 0 Å². The summed E-state index contributed by atoms with van der Waals surface area (Å²) in [6, 6.07) is 7.36. The molecule has 1 aromatic carbocycles. The van der Waals surface area contributed by atoms with Crippen LogP contribution in [0.5, 0.6) is 0 Å². The van der Waals surface area contributed by atoms with Gasteiger partial charge >= 0.3 is 5.97 Å². The first kappa shape index (κ1) is 13.4. The van der Waals surface area contributed by atoms with Crippen LogP contribution in [0.3, 0.4) is 0 Å². The molecule has 0 amide bonds. The number of carbonyl (C=O) groups is 1. The first-order chi connectivity index (χ1) is 7.34. The minimum atomic E-state index is -1.43. The molecular formula is C11H13BrO3S. The van der Waals surface area contributed by atoms with Gasteiger partial charge in [0, 0.05) is 21.0 Å². The summed E-state index contributed by atoms with van der Waals surface area (Å²) in [4.78, 5) is 10.9. The maximum atomic E-state index is 11.9. The number of halogens is 1. The van der Waals surface area contributed by atoms with E-state index in [0.29, 0.717) is 0 Å². The Labute approximate surface area is 105 Å². The van der Waals surface area contributed by atoms with Crippen LogP contribution in [-0.2, 0) is 21.3 Å². The molecule has 0 spiro atoms. The molecule has 0 saturated heterocycles. The van der Waals surface area contributed by atoms with E-state index >= 15 is 0 Å². The predicted molar refractivity (Wildman–Crippen MR) is 67.7 cm³/mol. The molecule has 88 valence electrons. The zero-order valence-electron chi connectivity index (χ0n) is 9.07. The number of aliphatic carboxylic acids is 1. The van der Waals surface area contributed by atoms with Gasteiger partial charge in [0.2, 0.25) is 0 Å². The molecule has 0 aliphatic carbocycles. The van der Waals surface area contributed by atoms with Crippen LogP contribution in [0.1, 0.15) is 19.4 Å². The van der Waals surface area contributed by atoms with E-state index in [4.69, 9.17) is 5.11 Å². The summed E-state index contributed by atoms with van der Waals surface area (Å²) in [7, 11) is -1.43. The topological polar surface area (TPSA) is 54.4 Å². The van der Waals surface area contributed by atoms with Crippen molar-refractivity contribution < 1.29 is 14.1 Å². The van der Waals surface area contributed by atoms with Crippen LogP contribution in [-0.4, -0.2) is 20.0 Å². The Kier molecular flexibility index (Phi) is 4.27. The smallest absolute Gasteiger partial charge is 0.321 e. The van der Waals surface area contributed by atoms with Crippen LogP contribution in [0.15, 0.2) is 28.7 Å². The molecule has 5 heteroatoms. The molecule has 1 unspecified atom stereocenters. The third kappa shape index (κ3) is 3.15. The van der Waals surface area contributed by atoms with E-state index in [1.807, 2.05) is 24.3 Å². The number of benzene rings is 1. The summed E-state index contributed by atoms with van der Waals surface area (Å²) >= 11 is 3.30. The van der Waals surface area contributed by atoms with Crippen molar-refractivity contribution in [2.24, 2.45) is 0 Å². The fourth-order valence-corrected chi connectivity index (χ4v) is 2.32. The minimum Gasteiger partial charge on any atom is -0.480 e. The lowest BCUT2D eigenvalue weighted by molar-refractivity contribution is -0.139. The normalized spacial score (nSPS) is 13.4. The van der Waals surface area contributed by atoms with Gasteiger partial charge in [-0.15, -0.1) is 0 Å². The minimum absolute atomic E-state index is 0.257. The first-order valence-corrected chi connectivity index (χ1v) is 6.81. The van der Waals surface area contributed by atoms with E-state index < -0.39 is 21.5 Å². The van der Waals surface area contributed by atoms with Crippen molar-refractivity contribution >= 4 is 32.7 Å². The molecule has 0 bridgehead atoms. The van der Waals surface area contributed by atoms with Crippen molar-refractivity contribution in [1.82, 2.24) is 0 Å². The van der Waals surface area contributed by atoms with Crippen molar-refractivity contribution in [3.8, 4) is 0 Å². The van der Waals surface area contributed by atoms with Gasteiger partial charge < -0.3 is 5.11 Å². The molecule has 1 aromatic rings. The fourth-order valence-electron chi connectivity index (χ4n) is 1.01. The third-order valence-corrected chi connectivity index (χ3v) is 4.73. The molecule has 0 aliphatic rings. The molecule has 1 N–H and O–H groups in total. The highest BCUT2D eigenvalue weighted by Crippen LogP contribution is 2.19. The highest BCUT2D eigenvalue weighted by molar-refractivity contribution is 9.10. The fraction of sp³-hybridized carbons (Fsp3) is 0.364. The number of carboxylic acid groups (broad SMARTS) is 1. The van der Waals surface area contributed by atoms with Crippen LogP contribution in [0.4, 0.5) is 0 Å². The Morgan fingerprint density at radius 2 is 1.88 bits per heavy atom. The van der Waals surface area contributed by atoms with Crippen LogP contribution in [0, 0.1) is 0 Å². The predicted octanol–water partition coefficient (Wildman–Crippen LogP) is 2.56. The van der Waals surface area contributed by atoms with Gasteiger partial charge in [-0.25, -0.2) is 0 Å². The van der Waals surface area contributed by atoms with E-state index in [1.165, 1.54) is 13.8 Å². The largest absolute Gasteiger partial charge is 0.480 e. The van der Waals surface area contributed by atoms with E-state index in [-0.39, 0.29) is 5.75 Å². The first-order valence-electron chi connectivity index (χ1n) is 4.70. The Balaban J connectivity index is 2.79. The van der Waals surface area contributed by atoms with Crippen molar-refractivity contribution in [2.45, 2.75) is 24.3 Å². The second kappa shape index (κ2) is 5.10. The molecular weight excluding hydrogens is 292 g/mol. The molecule has 0 aromatic heterocycles. The second-order valence-electron chi connectivity index (χ2n) is 3.93. The van der Waals surface area contributed by atoms with Gasteiger partial charge in [0.25, 0.3) is 0 Å². The van der Waals surface area contributed by atoms with Gasteiger partial charge in [-0.05, 0) is 31.5 Å². The van der Waals surface area contributed by atoms with Gasteiger partial charge in [-0.1, -0.05) is 28.1 Å². The lowest BCUT2D eigenvalue weighted by Crippen LogP contribution is -2.37. The van der Waals surface area contributed by atoms with E-state index in [1.54, 1.807) is 0 Å². The molecule has 0 saturated carbocycles. The molecule has 0 aliphatic heterocycles. The van der Waals surface area contributed by atoms with Gasteiger partial charge in [-0.3, -0.25) is 9.00 Å². The number of carboxylic acids is 1. The summed E-state index contributed by atoms with van der Waals surface area (Å²) in [5.74, 6) is -0.782. The van der Waals surface area contributed by atoms with Gasteiger partial charge in [-0.2, -0.15) is 0 Å². The SMILES string of the molecule is CC(C)(C(=O)O)S(=O)Cc1ccc(Br)cc1. The van der Waals surface area contributed by atoms with Crippen LogP contribution in [0.2, 0.25) is 0 Å². The number of hydrogen-bond donors (Lipinski definition) is 1. The summed E-state index contributed by atoms with van der Waals surface area (Å²) < 4.78 is 11.6. The van der Waals surface area contributed by atoms with Crippen LogP contribution < -0.4 is 0 Å². The highest BCUT2D eigenvalue weighted by Gasteiger charge is 2.34. The van der Waals surface area contributed by atoms with Crippen molar-refractivity contribution in [2.75, 3.05) is 0 Å². The zero-order valence-corrected chi connectivity index (χ0v) is 11.5. The summed E-state index contributed by atoms with van der Waals surface area (Å²) in [6.07, 6.45) is 0. The van der Waals surface area contributed by atoms with Crippen molar-refractivity contribution in [3.63, 3.8) is 0 Å². The standard InChI is InChI=1S/C11H13BrO3S/c1-11(2,10(13)14)16(15)7-8-3-5-9(12)6-4-8/h3-6H,7H2,1-2H3,(H,13,14). The van der Waals surface area contributed by atoms with Crippen LogP contribution >= 0.6 is 15.9 Å². The second-order valence-corrected chi connectivity index (χ2v) is 6.85. The molecule has 1 atom stereocenters. The number of rotatable bonds is 4. The van der Waals surface area contributed by atoms with Gasteiger partial charge in [0.1, 0.15) is 4.75 Å². The van der Waals surface area contributed by atoms with E-state index in [2.05, 4.69) is 15.9 Å². The molecule has 0 heterocycles. The summed E-state index contributed by atoms with van der Waals surface area (Å²) in [6.45, 7) is 2.95. The Morgan fingerprint density at radius 3 is 2.31 bits per heavy atom. The van der Waals surface area contributed by atoms with E-state index in [0.717, 1.165) is 10.0 Å². The van der Waals surface area contributed by atoms with Gasteiger partial charge in [0.05, 0.1) is 0 Å². The molecule has 16 heavy (non-hydrogen) atoms. The molecule has 1 rings (SSSR count). The lowest BCUT2D eigenvalue weighted by Gasteiger charge is -2.18. The maximum Gasteiger partial charge on any atom is 0.321 e. The molecule has 0 radical (unpaired) electrons. The Bertz CT molecular complexity index is 412. The Morgan fingerprint density at radius 1 is 1.38 bits per heavy atom. The Hall–Kier alpha value is -0.680. The van der Waals surface area contributed by atoms with Crippen molar-refractivity contribution in [3.05, 3.63) is 34.3 Å². The zero-order chi connectivity index (χ0) is 12.3. The maximum absolute atomic E-state index is 11.9.